The highest BCUT2D eigenvalue weighted by Crippen LogP contribution is 2.43. The van der Waals surface area contributed by atoms with Crippen LogP contribution >= 0.6 is 11.3 Å². The Morgan fingerprint density at radius 2 is 1.80 bits per heavy atom. The summed E-state index contributed by atoms with van der Waals surface area (Å²) >= 11 is 1.65. The maximum Gasteiger partial charge on any atom is 0.338 e. The van der Waals surface area contributed by atoms with Gasteiger partial charge in [0.15, 0.2) is 5.76 Å². The number of hydrogen-bond donors (Lipinski definition) is 1. The zero-order valence-corrected chi connectivity index (χ0v) is 26.4. The van der Waals surface area contributed by atoms with Gasteiger partial charge in [-0.15, -0.1) is 11.3 Å². The summed E-state index contributed by atoms with van der Waals surface area (Å²) in [5.74, 6) is -0.285. The molecule has 1 aliphatic heterocycles. The maximum atomic E-state index is 13.8. The van der Waals surface area contributed by atoms with Crippen molar-refractivity contribution in [2.75, 3.05) is 26.3 Å². The van der Waals surface area contributed by atoms with Gasteiger partial charge in [-0.3, -0.25) is 4.79 Å². The number of ether oxygens (including phenoxy) is 1. The molecule has 1 N–H and O–H groups in total. The van der Waals surface area contributed by atoms with Gasteiger partial charge in [0.2, 0.25) is 5.91 Å². The molecule has 5 aromatic rings. The Hall–Kier alpha value is -4.28. The number of hydrogen-bond acceptors (Lipinski definition) is 7. The highest BCUT2D eigenvalue weighted by atomic mass is 32.1. The molecule has 9 nitrogen and oxygen atoms in total. The summed E-state index contributed by atoms with van der Waals surface area (Å²) in [5, 5.41) is 11.7. The first-order valence-electron chi connectivity index (χ1n) is 15.6. The number of pyridine rings is 1. The van der Waals surface area contributed by atoms with Crippen molar-refractivity contribution in [3.63, 3.8) is 0 Å². The molecule has 5 heterocycles. The minimum absolute atomic E-state index is 0.000994. The fourth-order valence-electron chi connectivity index (χ4n) is 6.78. The summed E-state index contributed by atoms with van der Waals surface area (Å²) in [7, 11) is 0. The van der Waals surface area contributed by atoms with E-state index in [4.69, 9.17) is 14.1 Å². The molecule has 0 unspecified atom stereocenters. The molecule has 4 aromatic heterocycles. The van der Waals surface area contributed by atoms with Gasteiger partial charge in [-0.05, 0) is 68.0 Å². The van der Waals surface area contributed by atoms with E-state index in [-0.39, 0.29) is 18.0 Å². The number of aryl methyl sites for hydroxylation is 2. The van der Waals surface area contributed by atoms with E-state index >= 15 is 0 Å². The van der Waals surface area contributed by atoms with E-state index < -0.39 is 5.97 Å². The number of rotatable bonds is 7. The standard InChI is InChI=1S/C35H36N4O5S/c1-21-34(45-22(2)36-21)29-11-8-24-16-25(9-10-28(24)37-29)33-27(23-6-4-3-5-7-23)18-30(31-17-26(20-44-31)35(41)42)39(33)19-32(40)38-12-14-43-15-13-38/h8-11,16-18,20,23H,3-7,12-15,19H2,1-2H3,(H,41,42). The number of fused-ring (bicyclic) bond motifs is 1. The van der Waals surface area contributed by atoms with Crippen molar-refractivity contribution >= 4 is 34.1 Å². The third kappa shape index (κ3) is 5.80. The largest absolute Gasteiger partial charge is 0.478 e. The van der Waals surface area contributed by atoms with Gasteiger partial charge in [0, 0.05) is 24.5 Å². The summed E-state index contributed by atoms with van der Waals surface area (Å²) in [5.41, 5.74) is 6.72. The van der Waals surface area contributed by atoms with Gasteiger partial charge in [0.05, 0.1) is 57.0 Å². The predicted molar refractivity (Wildman–Crippen MR) is 174 cm³/mol. The lowest BCUT2D eigenvalue weighted by Gasteiger charge is -2.28. The summed E-state index contributed by atoms with van der Waals surface area (Å²) in [4.78, 5) is 38.0. The molecule has 1 saturated heterocycles. The monoisotopic (exact) mass is 624 g/mol. The molecule has 1 amide bonds. The van der Waals surface area contributed by atoms with Gasteiger partial charge >= 0.3 is 5.97 Å². The number of thiazole rings is 1. The highest BCUT2D eigenvalue weighted by Gasteiger charge is 2.29. The molecule has 0 bridgehead atoms. The number of carboxylic acids is 1. The Kier molecular flexibility index (Phi) is 8.01. The lowest BCUT2D eigenvalue weighted by molar-refractivity contribution is -0.135. The number of carbonyl (C=O) groups excluding carboxylic acids is 1. The summed E-state index contributed by atoms with van der Waals surface area (Å²) in [6, 6.07) is 14.1. The van der Waals surface area contributed by atoms with Crippen molar-refractivity contribution in [3.8, 4) is 33.3 Å². The van der Waals surface area contributed by atoms with Gasteiger partial charge in [-0.1, -0.05) is 31.4 Å². The van der Waals surface area contributed by atoms with Crippen molar-refractivity contribution < 1.29 is 23.8 Å². The van der Waals surface area contributed by atoms with Gasteiger partial charge in [0.1, 0.15) is 12.8 Å². The average Bonchev–Trinajstić information content (AvgIpc) is 3.78. The zero-order chi connectivity index (χ0) is 31.1. The second-order valence-corrected chi connectivity index (χ2v) is 13.2. The number of carbonyl (C=O) groups is 2. The smallest absolute Gasteiger partial charge is 0.338 e. The van der Waals surface area contributed by atoms with Crippen molar-refractivity contribution in [1.29, 1.82) is 0 Å². The van der Waals surface area contributed by atoms with Crippen LogP contribution in [0.3, 0.4) is 0 Å². The highest BCUT2D eigenvalue weighted by molar-refractivity contribution is 7.15. The van der Waals surface area contributed by atoms with Gasteiger partial charge in [-0.25, -0.2) is 14.8 Å². The summed E-state index contributed by atoms with van der Waals surface area (Å²) in [6.45, 7) is 6.27. The first kappa shape index (κ1) is 29.4. The Bertz CT molecular complexity index is 1890. The normalized spacial score (nSPS) is 16.0. The summed E-state index contributed by atoms with van der Waals surface area (Å²) < 4.78 is 13.4. The van der Waals surface area contributed by atoms with E-state index in [2.05, 4.69) is 41.4 Å². The minimum Gasteiger partial charge on any atom is -0.478 e. The van der Waals surface area contributed by atoms with Crippen LogP contribution in [0.25, 0.3) is 44.2 Å². The number of nitrogens with zero attached hydrogens (tertiary/aromatic N) is 4. The maximum absolute atomic E-state index is 13.8. The van der Waals surface area contributed by atoms with Crippen molar-refractivity contribution in [2.45, 2.75) is 58.4 Å². The number of morpholine rings is 1. The van der Waals surface area contributed by atoms with Crippen LogP contribution in [0.1, 0.15) is 64.6 Å². The molecule has 7 rings (SSSR count). The fourth-order valence-corrected chi connectivity index (χ4v) is 7.67. The molecule has 1 aliphatic carbocycles. The van der Waals surface area contributed by atoms with Crippen molar-refractivity contribution in [2.24, 2.45) is 0 Å². The van der Waals surface area contributed by atoms with Crippen LogP contribution in [-0.2, 0) is 16.1 Å². The first-order chi connectivity index (χ1) is 21.9. The lowest BCUT2D eigenvalue weighted by Crippen LogP contribution is -2.42. The van der Waals surface area contributed by atoms with E-state index in [1.165, 1.54) is 18.2 Å². The van der Waals surface area contributed by atoms with Crippen LogP contribution < -0.4 is 0 Å². The molecule has 1 saturated carbocycles. The van der Waals surface area contributed by atoms with E-state index in [1.54, 1.807) is 17.4 Å². The van der Waals surface area contributed by atoms with Crippen LogP contribution in [0.4, 0.5) is 0 Å². The fraction of sp³-hybridized carbons (Fsp3) is 0.371. The second-order valence-electron chi connectivity index (χ2n) is 12.0. The van der Waals surface area contributed by atoms with Crippen LogP contribution in [0.2, 0.25) is 0 Å². The third-order valence-electron chi connectivity index (χ3n) is 9.03. The third-order valence-corrected chi connectivity index (χ3v) is 10.1. The van der Waals surface area contributed by atoms with E-state index in [0.717, 1.165) is 69.1 Å². The molecule has 1 aromatic carbocycles. The number of benzene rings is 1. The van der Waals surface area contributed by atoms with Crippen LogP contribution in [0.5, 0.6) is 0 Å². The Morgan fingerprint density at radius 1 is 1.00 bits per heavy atom. The predicted octanol–water partition coefficient (Wildman–Crippen LogP) is 7.31. The number of carboxylic acid groups (broad SMARTS) is 1. The topological polar surface area (TPSA) is 111 Å². The van der Waals surface area contributed by atoms with Gasteiger partial charge in [-0.2, -0.15) is 0 Å². The van der Waals surface area contributed by atoms with Gasteiger partial charge < -0.3 is 23.7 Å². The molecule has 0 radical (unpaired) electrons. The average molecular weight is 625 g/mol. The lowest BCUT2D eigenvalue weighted by atomic mass is 9.83. The van der Waals surface area contributed by atoms with Crippen LogP contribution in [0, 0.1) is 13.8 Å². The molecule has 10 heteroatoms. The molecule has 232 valence electrons. The van der Waals surface area contributed by atoms with E-state index in [1.807, 2.05) is 23.3 Å². The quantitative estimate of drug-likeness (QED) is 0.202. The number of aromatic nitrogens is 3. The van der Waals surface area contributed by atoms with Crippen molar-refractivity contribution in [3.05, 3.63) is 70.6 Å². The Labute approximate surface area is 265 Å². The molecule has 45 heavy (non-hydrogen) atoms. The van der Waals surface area contributed by atoms with Crippen molar-refractivity contribution in [1.82, 2.24) is 19.4 Å². The summed E-state index contributed by atoms with van der Waals surface area (Å²) in [6.07, 6.45) is 6.93. The molecular formula is C35H36N4O5S. The first-order valence-corrected chi connectivity index (χ1v) is 16.4. The molecule has 2 fully saturated rings. The number of furan rings is 1. The SMILES string of the molecule is Cc1nc(C)c(-c2ccc3cc(-c4c(C5CCCCC5)cc(-c5cc(C(=O)O)co5)n4CC(=O)N4CCOCC4)ccc3n2)s1. The van der Waals surface area contributed by atoms with E-state index in [0.29, 0.717) is 43.7 Å². The van der Waals surface area contributed by atoms with E-state index in [9.17, 15) is 14.7 Å². The molecule has 0 atom stereocenters. The Balaban J connectivity index is 1.38. The number of amides is 1. The molecule has 0 spiro atoms. The Morgan fingerprint density at radius 3 is 2.51 bits per heavy atom. The van der Waals surface area contributed by atoms with Crippen LogP contribution in [-0.4, -0.2) is 62.7 Å². The molecule has 2 aliphatic rings. The minimum atomic E-state index is -1.05. The second kappa shape index (κ2) is 12.3. The van der Waals surface area contributed by atoms with Crippen LogP contribution in [0.15, 0.2) is 53.1 Å². The van der Waals surface area contributed by atoms with Gasteiger partial charge in [0.25, 0.3) is 0 Å². The zero-order valence-electron chi connectivity index (χ0n) is 25.5. The molecular weight excluding hydrogens is 588 g/mol. The number of aromatic carboxylic acids is 1.